The number of esters is 1. The zero-order chi connectivity index (χ0) is 19.2. The number of amides is 2. The Morgan fingerprint density at radius 2 is 1.88 bits per heavy atom. The first kappa shape index (κ1) is 20.4. The molecular formula is C17H23FN2O5. The van der Waals surface area contributed by atoms with Gasteiger partial charge >= 0.3 is 12.1 Å². The summed E-state index contributed by atoms with van der Waals surface area (Å²) in [6.07, 6.45) is -0.804. The summed E-state index contributed by atoms with van der Waals surface area (Å²) in [6.45, 7) is 5.06. The van der Waals surface area contributed by atoms with E-state index in [4.69, 9.17) is 4.74 Å². The van der Waals surface area contributed by atoms with E-state index in [0.717, 1.165) is 6.07 Å². The summed E-state index contributed by atoms with van der Waals surface area (Å²) >= 11 is 0. The minimum Gasteiger partial charge on any atom is -0.467 e. The molecule has 2 N–H and O–H groups in total. The molecule has 0 unspecified atom stereocenters. The molecule has 0 heterocycles. The maximum Gasteiger partial charge on any atom is 0.408 e. The van der Waals surface area contributed by atoms with E-state index in [1.807, 2.05) is 0 Å². The summed E-state index contributed by atoms with van der Waals surface area (Å²) in [5, 5.41) is 4.73. The summed E-state index contributed by atoms with van der Waals surface area (Å²) in [5.41, 5.74) is -0.427. The number of carbonyl (C=O) groups is 3. The summed E-state index contributed by atoms with van der Waals surface area (Å²) in [7, 11) is 2.58. The zero-order valence-electron chi connectivity index (χ0n) is 14.9. The number of hydrogen-bond donors (Lipinski definition) is 2. The second-order valence-electron chi connectivity index (χ2n) is 6.32. The second kappa shape index (κ2) is 8.46. The number of alkyl carbamates (subject to hydrolysis) is 1. The second-order valence-corrected chi connectivity index (χ2v) is 6.32. The molecule has 1 aromatic rings. The summed E-state index contributed by atoms with van der Waals surface area (Å²) < 4.78 is 23.8. The molecule has 7 nitrogen and oxygen atoms in total. The number of methoxy groups -OCH3 is 1. The van der Waals surface area contributed by atoms with Gasteiger partial charge in [-0.05, 0) is 38.5 Å². The lowest BCUT2D eigenvalue weighted by atomic mass is 10.0. The van der Waals surface area contributed by atoms with Gasteiger partial charge in [0.15, 0.2) is 0 Å². The molecule has 0 bridgehead atoms. The van der Waals surface area contributed by atoms with Crippen LogP contribution in [0.2, 0.25) is 0 Å². The van der Waals surface area contributed by atoms with Crippen LogP contribution in [0.1, 0.15) is 36.7 Å². The van der Waals surface area contributed by atoms with Gasteiger partial charge < -0.3 is 20.1 Å². The van der Waals surface area contributed by atoms with Crippen LogP contribution in [-0.4, -0.2) is 43.8 Å². The Morgan fingerprint density at radius 1 is 1.24 bits per heavy atom. The van der Waals surface area contributed by atoms with Crippen molar-refractivity contribution in [1.82, 2.24) is 10.6 Å². The van der Waals surface area contributed by atoms with E-state index in [9.17, 15) is 18.8 Å². The highest BCUT2D eigenvalue weighted by Gasteiger charge is 2.25. The van der Waals surface area contributed by atoms with Crippen LogP contribution in [-0.2, 0) is 20.7 Å². The molecule has 138 valence electrons. The Bertz CT molecular complexity index is 655. The first-order chi connectivity index (χ1) is 11.6. The molecule has 1 aromatic carbocycles. The van der Waals surface area contributed by atoms with Crippen molar-refractivity contribution in [3.05, 3.63) is 35.1 Å². The third-order valence-electron chi connectivity index (χ3n) is 3.12. The number of nitrogens with one attached hydrogen (secondary N) is 2. The molecule has 0 spiro atoms. The van der Waals surface area contributed by atoms with Crippen molar-refractivity contribution in [2.24, 2.45) is 0 Å². The Balaban J connectivity index is 2.92. The fraction of sp³-hybridized carbons (Fsp3) is 0.471. The maximum absolute atomic E-state index is 14.0. The number of rotatable bonds is 5. The minimum absolute atomic E-state index is 0.0170. The number of ether oxygens (including phenoxy) is 2. The molecule has 0 radical (unpaired) electrons. The fourth-order valence-electron chi connectivity index (χ4n) is 2.03. The smallest absolute Gasteiger partial charge is 0.408 e. The van der Waals surface area contributed by atoms with Crippen LogP contribution in [0.3, 0.4) is 0 Å². The van der Waals surface area contributed by atoms with Crippen molar-refractivity contribution in [3.63, 3.8) is 0 Å². The maximum atomic E-state index is 14.0. The molecule has 1 rings (SSSR count). The van der Waals surface area contributed by atoms with Gasteiger partial charge in [-0.3, -0.25) is 4.79 Å². The Labute approximate surface area is 145 Å². The predicted octanol–water partition coefficient (Wildman–Crippen LogP) is 1.79. The molecule has 0 aliphatic heterocycles. The van der Waals surface area contributed by atoms with Gasteiger partial charge in [-0.25, -0.2) is 14.0 Å². The molecule has 1 atom stereocenters. The quantitative estimate of drug-likeness (QED) is 0.787. The van der Waals surface area contributed by atoms with Crippen LogP contribution in [0.25, 0.3) is 0 Å². The molecule has 0 fully saturated rings. The molecule has 2 amide bonds. The highest BCUT2D eigenvalue weighted by molar-refractivity contribution is 5.94. The number of hydrogen-bond acceptors (Lipinski definition) is 5. The van der Waals surface area contributed by atoms with E-state index in [1.54, 1.807) is 20.8 Å². The van der Waals surface area contributed by atoms with E-state index in [2.05, 4.69) is 15.4 Å². The first-order valence-electron chi connectivity index (χ1n) is 7.65. The number of benzene rings is 1. The molecular weight excluding hydrogens is 331 g/mol. The van der Waals surface area contributed by atoms with Gasteiger partial charge in [0.25, 0.3) is 5.91 Å². The standard InChI is InChI=1S/C17H23FN2O5/c1-17(2,3)25-16(23)20-13(15(22)24-5)9-10-6-7-11(12(18)8-10)14(21)19-4/h6-8,13H,9H2,1-5H3,(H,19,21)(H,20,23)/t13-/m0/s1. The third-order valence-corrected chi connectivity index (χ3v) is 3.12. The van der Waals surface area contributed by atoms with Crippen LogP contribution < -0.4 is 10.6 Å². The van der Waals surface area contributed by atoms with Crippen LogP contribution in [0.15, 0.2) is 18.2 Å². The minimum atomic E-state index is -1.05. The Hall–Kier alpha value is -2.64. The van der Waals surface area contributed by atoms with Gasteiger partial charge in [0, 0.05) is 13.5 Å². The highest BCUT2D eigenvalue weighted by Crippen LogP contribution is 2.13. The van der Waals surface area contributed by atoms with Gasteiger partial charge in [0.05, 0.1) is 12.7 Å². The topological polar surface area (TPSA) is 93.7 Å². The van der Waals surface area contributed by atoms with Crippen molar-refractivity contribution in [3.8, 4) is 0 Å². The predicted molar refractivity (Wildman–Crippen MR) is 88.7 cm³/mol. The highest BCUT2D eigenvalue weighted by atomic mass is 19.1. The molecule has 0 aromatic heterocycles. The fourth-order valence-corrected chi connectivity index (χ4v) is 2.03. The van der Waals surface area contributed by atoms with Gasteiger partial charge in [-0.2, -0.15) is 0 Å². The normalized spacial score (nSPS) is 12.1. The van der Waals surface area contributed by atoms with Crippen molar-refractivity contribution in [1.29, 1.82) is 0 Å². The van der Waals surface area contributed by atoms with E-state index in [0.29, 0.717) is 5.56 Å². The molecule has 0 saturated carbocycles. The Kier molecular flexibility index (Phi) is 6.90. The zero-order valence-corrected chi connectivity index (χ0v) is 14.9. The van der Waals surface area contributed by atoms with Gasteiger partial charge in [0.1, 0.15) is 17.5 Å². The third kappa shape index (κ3) is 6.40. The molecule has 0 aliphatic carbocycles. The van der Waals surface area contributed by atoms with Crippen LogP contribution in [0, 0.1) is 5.82 Å². The summed E-state index contributed by atoms with van der Waals surface area (Å²) in [6, 6.07) is 2.90. The number of carbonyl (C=O) groups excluding carboxylic acids is 3. The van der Waals surface area contributed by atoms with Crippen molar-refractivity contribution in [2.45, 2.75) is 38.8 Å². The summed E-state index contributed by atoms with van der Waals surface area (Å²) in [4.78, 5) is 35.2. The van der Waals surface area contributed by atoms with Crippen molar-refractivity contribution < 1.29 is 28.2 Å². The van der Waals surface area contributed by atoms with Gasteiger partial charge in [-0.1, -0.05) is 6.07 Å². The van der Waals surface area contributed by atoms with E-state index in [1.165, 1.54) is 26.3 Å². The lowest BCUT2D eigenvalue weighted by Crippen LogP contribution is -2.45. The average Bonchev–Trinajstić information content (AvgIpc) is 2.51. The lowest BCUT2D eigenvalue weighted by molar-refractivity contribution is -0.143. The van der Waals surface area contributed by atoms with Crippen LogP contribution in [0.4, 0.5) is 9.18 Å². The Morgan fingerprint density at radius 3 is 2.36 bits per heavy atom. The van der Waals surface area contributed by atoms with E-state index >= 15 is 0 Å². The monoisotopic (exact) mass is 354 g/mol. The van der Waals surface area contributed by atoms with Crippen molar-refractivity contribution >= 4 is 18.0 Å². The van der Waals surface area contributed by atoms with Crippen LogP contribution in [0.5, 0.6) is 0 Å². The first-order valence-corrected chi connectivity index (χ1v) is 7.65. The van der Waals surface area contributed by atoms with E-state index in [-0.39, 0.29) is 12.0 Å². The number of halogens is 1. The largest absolute Gasteiger partial charge is 0.467 e. The van der Waals surface area contributed by atoms with Crippen molar-refractivity contribution in [2.75, 3.05) is 14.2 Å². The van der Waals surface area contributed by atoms with Gasteiger partial charge in [0.2, 0.25) is 0 Å². The molecule has 8 heteroatoms. The van der Waals surface area contributed by atoms with Gasteiger partial charge in [-0.15, -0.1) is 0 Å². The molecule has 0 saturated heterocycles. The average molecular weight is 354 g/mol. The SMILES string of the molecule is CNC(=O)c1ccc(C[C@H](NC(=O)OC(C)(C)C)C(=O)OC)cc1F. The van der Waals surface area contributed by atoms with E-state index < -0.39 is 35.4 Å². The molecule has 0 aliphatic rings. The summed E-state index contributed by atoms with van der Waals surface area (Å²) in [5.74, 6) is -1.97. The lowest BCUT2D eigenvalue weighted by Gasteiger charge is -2.22. The molecule has 25 heavy (non-hydrogen) atoms. The van der Waals surface area contributed by atoms with Crippen LogP contribution >= 0.6 is 0 Å².